The molecular weight excluding hydrogens is 484 g/mol. The number of methoxy groups -OCH3 is 1. The molecule has 226 valence electrons. The lowest BCUT2D eigenvalue weighted by molar-refractivity contribution is -0.146. The summed E-state index contributed by atoms with van der Waals surface area (Å²) in [6, 6.07) is -0.405. The van der Waals surface area contributed by atoms with Crippen LogP contribution in [0, 0.1) is 0 Å². The highest BCUT2D eigenvalue weighted by molar-refractivity contribution is 5.81. The Labute approximate surface area is 233 Å². The first kappa shape index (κ1) is 38.6. The quantitative estimate of drug-likeness (QED) is 0.0848. The van der Waals surface area contributed by atoms with Crippen LogP contribution in [0.1, 0.15) is 124 Å². The number of aliphatic hydroxyl groups is 1. The fourth-order valence-electron chi connectivity index (χ4n) is 3.93. The average molecular weight is 545 g/mol. The van der Waals surface area contributed by atoms with Gasteiger partial charge in [-0.2, -0.15) is 0 Å². The molecule has 0 aliphatic rings. The molecular formula is C30H60N2O6. The van der Waals surface area contributed by atoms with Crippen LogP contribution in [0.15, 0.2) is 0 Å². The number of amides is 1. The number of hydrogen-bond acceptors (Lipinski definition) is 7. The van der Waals surface area contributed by atoms with Gasteiger partial charge in [-0.05, 0) is 19.8 Å². The predicted molar refractivity (Wildman–Crippen MR) is 155 cm³/mol. The fraction of sp³-hybridized carbons (Fsp3) is 0.900. The van der Waals surface area contributed by atoms with E-state index < -0.39 is 6.04 Å². The van der Waals surface area contributed by atoms with Crippen LogP contribution in [0.3, 0.4) is 0 Å². The van der Waals surface area contributed by atoms with E-state index >= 15 is 0 Å². The van der Waals surface area contributed by atoms with Crippen molar-refractivity contribution in [2.24, 2.45) is 0 Å². The van der Waals surface area contributed by atoms with E-state index in [1.54, 1.807) is 18.9 Å². The zero-order valence-electron chi connectivity index (χ0n) is 25.1. The van der Waals surface area contributed by atoms with Crippen molar-refractivity contribution in [2.75, 3.05) is 46.6 Å². The third-order valence-electron chi connectivity index (χ3n) is 6.34. The van der Waals surface area contributed by atoms with Gasteiger partial charge in [-0.3, -0.25) is 9.59 Å². The topological polar surface area (TPSA) is 105 Å². The van der Waals surface area contributed by atoms with Crippen molar-refractivity contribution in [2.45, 2.75) is 130 Å². The number of esters is 1. The highest BCUT2D eigenvalue weighted by Gasteiger charge is 2.20. The van der Waals surface area contributed by atoms with Crippen LogP contribution in [0.2, 0.25) is 0 Å². The minimum Gasteiger partial charge on any atom is -0.464 e. The minimum atomic E-state index is -0.405. The number of unbranched alkanes of at least 4 members (excludes halogenated alkanes) is 13. The van der Waals surface area contributed by atoms with Gasteiger partial charge >= 0.3 is 5.97 Å². The molecule has 8 heteroatoms. The standard InChI is InChI=1S/C20H40N2O5.C10H20O/c1-4-5-6-7-8-9-10-11-19(24)27-17-14-22(13-16-26-3)20(25)18(2)21-12-15-23;1-2-3-4-5-6-7-8-9-10-11/h18,21,23H,4-17H2,1-3H3;10H,2-9H2,1H3. The number of aldehydes is 1. The summed E-state index contributed by atoms with van der Waals surface area (Å²) in [4.78, 5) is 35.8. The van der Waals surface area contributed by atoms with Gasteiger partial charge in [0.25, 0.3) is 0 Å². The van der Waals surface area contributed by atoms with Crippen molar-refractivity contribution in [1.82, 2.24) is 10.2 Å². The molecule has 0 saturated heterocycles. The molecule has 0 rings (SSSR count). The Morgan fingerprint density at radius 1 is 0.842 bits per heavy atom. The van der Waals surface area contributed by atoms with Gasteiger partial charge in [-0.25, -0.2) is 0 Å². The summed E-state index contributed by atoms with van der Waals surface area (Å²) in [5, 5.41) is 11.8. The number of carbonyl (C=O) groups is 3. The molecule has 0 fully saturated rings. The van der Waals surface area contributed by atoms with Crippen LogP contribution < -0.4 is 5.32 Å². The molecule has 0 saturated carbocycles. The zero-order chi connectivity index (χ0) is 28.7. The summed E-state index contributed by atoms with van der Waals surface area (Å²) < 4.78 is 10.3. The molecule has 0 aliphatic carbocycles. The molecule has 0 aromatic heterocycles. The number of carbonyl (C=O) groups excluding carboxylic acids is 3. The molecule has 1 unspecified atom stereocenters. The average Bonchev–Trinajstić information content (AvgIpc) is 2.92. The number of hydrogen-bond donors (Lipinski definition) is 2. The predicted octanol–water partition coefficient (Wildman–Crippen LogP) is 5.44. The molecule has 2 N–H and O–H groups in total. The number of rotatable bonds is 26. The lowest BCUT2D eigenvalue weighted by Gasteiger charge is -2.25. The molecule has 0 heterocycles. The normalized spacial score (nSPS) is 11.4. The third kappa shape index (κ3) is 27.5. The monoisotopic (exact) mass is 544 g/mol. The van der Waals surface area contributed by atoms with Crippen LogP contribution in [-0.4, -0.2) is 80.8 Å². The number of ether oxygens (including phenoxy) is 2. The van der Waals surface area contributed by atoms with E-state index in [-0.39, 0.29) is 25.1 Å². The molecule has 8 nitrogen and oxygen atoms in total. The van der Waals surface area contributed by atoms with E-state index in [1.165, 1.54) is 70.6 Å². The molecule has 0 radical (unpaired) electrons. The van der Waals surface area contributed by atoms with Gasteiger partial charge < -0.3 is 29.6 Å². The lowest BCUT2D eigenvalue weighted by Crippen LogP contribution is -2.47. The SMILES string of the molecule is CCCCCCCCCC(=O)OCCN(CCOC)C(=O)C(C)NCCO.CCCCCCCCCC=O. The van der Waals surface area contributed by atoms with Crippen molar-refractivity contribution in [3.8, 4) is 0 Å². The summed E-state index contributed by atoms with van der Waals surface area (Å²) in [5.41, 5.74) is 0. The van der Waals surface area contributed by atoms with E-state index in [4.69, 9.17) is 14.6 Å². The summed E-state index contributed by atoms with van der Waals surface area (Å²) in [5.74, 6) is -0.294. The minimum absolute atomic E-state index is 0.0219. The van der Waals surface area contributed by atoms with Crippen LogP contribution >= 0.6 is 0 Å². The maximum Gasteiger partial charge on any atom is 0.305 e. The number of aliphatic hydroxyl groups excluding tert-OH is 1. The van der Waals surface area contributed by atoms with Crippen molar-refractivity contribution in [3.63, 3.8) is 0 Å². The van der Waals surface area contributed by atoms with Crippen LogP contribution in [0.25, 0.3) is 0 Å². The molecule has 0 aromatic rings. The molecule has 0 aliphatic heterocycles. The molecule has 1 amide bonds. The van der Waals surface area contributed by atoms with E-state index in [1.807, 2.05) is 0 Å². The number of nitrogens with one attached hydrogen (secondary N) is 1. The van der Waals surface area contributed by atoms with Crippen molar-refractivity contribution in [3.05, 3.63) is 0 Å². The van der Waals surface area contributed by atoms with Gasteiger partial charge in [0, 0.05) is 33.0 Å². The van der Waals surface area contributed by atoms with Gasteiger partial charge in [0.15, 0.2) is 0 Å². The van der Waals surface area contributed by atoms with Gasteiger partial charge in [-0.15, -0.1) is 0 Å². The molecule has 0 bridgehead atoms. The van der Waals surface area contributed by atoms with Crippen molar-refractivity contribution >= 4 is 18.2 Å². The van der Waals surface area contributed by atoms with E-state index in [0.717, 1.165) is 32.0 Å². The first-order chi connectivity index (χ1) is 18.5. The summed E-state index contributed by atoms with van der Waals surface area (Å²) >= 11 is 0. The molecule has 38 heavy (non-hydrogen) atoms. The van der Waals surface area contributed by atoms with Crippen LogP contribution in [0.4, 0.5) is 0 Å². The second kappa shape index (κ2) is 31.7. The highest BCUT2D eigenvalue weighted by Crippen LogP contribution is 2.09. The highest BCUT2D eigenvalue weighted by atomic mass is 16.5. The largest absolute Gasteiger partial charge is 0.464 e. The van der Waals surface area contributed by atoms with Gasteiger partial charge in [-0.1, -0.05) is 90.9 Å². The van der Waals surface area contributed by atoms with Gasteiger partial charge in [0.1, 0.15) is 12.9 Å². The summed E-state index contributed by atoms with van der Waals surface area (Å²) in [6.45, 7) is 7.92. The Morgan fingerprint density at radius 3 is 1.89 bits per heavy atom. The summed E-state index contributed by atoms with van der Waals surface area (Å²) in [6.07, 6.45) is 19.4. The Hall–Kier alpha value is -1.51. The Balaban J connectivity index is 0. The second-order valence-corrected chi connectivity index (χ2v) is 9.89. The first-order valence-corrected chi connectivity index (χ1v) is 15.2. The Kier molecular flexibility index (Phi) is 32.2. The van der Waals surface area contributed by atoms with E-state index in [0.29, 0.717) is 32.7 Å². The molecule has 1 atom stereocenters. The number of nitrogens with zero attached hydrogens (tertiary/aromatic N) is 1. The second-order valence-electron chi connectivity index (χ2n) is 9.89. The van der Waals surface area contributed by atoms with Gasteiger partial charge in [0.05, 0.1) is 25.8 Å². The van der Waals surface area contributed by atoms with E-state index in [9.17, 15) is 14.4 Å². The first-order valence-electron chi connectivity index (χ1n) is 15.2. The Morgan fingerprint density at radius 2 is 1.37 bits per heavy atom. The summed E-state index contributed by atoms with van der Waals surface area (Å²) in [7, 11) is 1.58. The van der Waals surface area contributed by atoms with E-state index in [2.05, 4.69) is 19.2 Å². The lowest BCUT2D eigenvalue weighted by atomic mass is 10.1. The maximum absolute atomic E-state index is 12.4. The zero-order valence-corrected chi connectivity index (χ0v) is 25.1. The smallest absolute Gasteiger partial charge is 0.305 e. The fourth-order valence-corrected chi connectivity index (χ4v) is 3.93. The maximum atomic E-state index is 12.4. The van der Waals surface area contributed by atoms with Crippen molar-refractivity contribution < 1.29 is 29.0 Å². The van der Waals surface area contributed by atoms with Gasteiger partial charge in [0.2, 0.25) is 5.91 Å². The molecule has 0 aromatic carbocycles. The van der Waals surface area contributed by atoms with Crippen molar-refractivity contribution in [1.29, 1.82) is 0 Å². The van der Waals surface area contributed by atoms with Crippen LogP contribution in [-0.2, 0) is 23.9 Å². The van der Waals surface area contributed by atoms with Crippen LogP contribution in [0.5, 0.6) is 0 Å². The molecule has 0 spiro atoms. The Bertz CT molecular complexity index is 533. The third-order valence-corrected chi connectivity index (χ3v) is 6.34.